The summed E-state index contributed by atoms with van der Waals surface area (Å²) >= 11 is 0. The summed E-state index contributed by atoms with van der Waals surface area (Å²) in [6.07, 6.45) is 10.3. The van der Waals surface area contributed by atoms with E-state index in [0.29, 0.717) is 23.9 Å². The first kappa shape index (κ1) is 19.1. The molecular formula is C22H25N5O2. The van der Waals surface area contributed by atoms with Crippen LogP contribution in [0.4, 0.5) is 5.69 Å². The van der Waals surface area contributed by atoms with Gasteiger partial charge in [-0.15, -0.1) is 10.2 Å². The molecule has 1 aliphatic carbocycles. The molecule has 1 fully saturated rings. The summed E-state index contributed by atoms with van der Waals surface area (Å²) < 4.78 is 7.59. The lowest BCUT2D eigenvalue weighted by molar-refractivity contribution is -0.116. The van der Waals surface area contributed by atoms with Crippen molar-refractivity contribution in [2.45, 2.75) is 45.4 Å². The molecule has 0 spiro atoms. The largest absolute Gasteiger partial charge is 0.438 e. The summed E-state index contributed by atoms with van der Waals surface area (Å²) in [7, 11) is 0. The van der Waals surface area contributed by atoms with E-state index in [9.17, 15) is 4.79 Å². The number of ether oxygens (including phenoxy) is 1. The van der Waals surface area contributed by atoms with Gasteiger partial charge in [0, 0.05) is 30.6 Å². The molecule has 29 heavy (non-hydrogen) atoms. The van der Waals surface area contributed by atoms with Crippen LogP contribution in [0, 0.1) is 12.8 Å². The summed E-state index contributed by atoms with van der Waals surface area (Å²) in [5.74, 6) is 3.36. The highest BCUT2D eigenvalue weighted by atomic mass is 16.5. The normalized spacial score (nSPS) is 14.1. The summed E-state index contributed by atoms with van der Waals surface area (Å²) in [4.78, 5) is 16.3. The van der Waals surface area contributed by atoms with Gasteiger partial charge in [0.25, 0.3) is 0 Å². The summed E-state index contributed by atoms with van der Waals surface area (Å²) in [6.45, 7) is 1.90. The summed E-state index contributed by atoms with van der Waals surface area (Å²) in [5.41, 5.74) is 0.769. The van der Waals surface area contributed by atoms with Crippen LogP contribution >= 0.6 is 0 Å². The fraction of sp³-hybridized carbons (Fsp3) is 0.364. The highest BCUT2D eigenvalue weighted by molar-refractivity contribution is 5.90. The highest BCUT2D eigenvalue weighted by Crippen LogP contribution is 2.28. The van der Waals surface area contributed by atoms with Crippen molar-refractivity contribution in [3.05, 3.63) is 54.6 Å². The van der Waals surface area contributed by atoms with Crippen LogP contribution < -0.4 is 10.1 Å². The number of imidazole rings is 1. The Balaban J connectivity index is 1.30. The topological polar surface area (TPSA) is 81.9 Å². The number of amides is 1. The molecule has 0 radical (unpaired) electrons. The third-order valence-electron chi connectivity index (χ3n) is 5.31. The van der Waals surface area contributed by atoms with Gasteiger partial charge in [0.15, 0.2) is 5.82 Å². The Morgan fingerprint density at radius 3 is 2.59 bits per heavy atom. The number of rotatable bonds is 7. The van der Waals surface area contributed by atoms with E-state index in [2.05, 4.69) is 20.5 Å². The molecule has 3 aromatic rings. The van der Waals surface area contributed by atoms with Crippen molar-refractivity contribution < 1.29 is 9.53 Å². The SMILES string of the molecule is Cc1nccn1-c1ccc(Oc2ccc(NC(=O)CCC3CCCC3)cc2)nn1. The second-order valence-corrected chi connectivity index (χ2v) is 7.44. The number of hydrogen-bond donors (Lipinski definition) is 1. The Morgan fingerprint density at radius 2 is 1.93 bits per heavy atom. The standard InChI is InChI=1S/C22H25N5O2/c1-16-23-14-15-27(16)20-11-13-22(26-25-20)29-19-9-7-18(8-10-19)24-21(28)12-6-17-4-2-3-5-17/h7-11,13-15,17H,2-6,12H2,1H3,(H,24,28). The molecule has 150 valence electrons. The van der Waals surface area contributed by atoms with Crippen molar-refractivity contribution in [3.63, 3.8) is 0 Å². The fourth-order valence-electron chi connectivity index (χ4n) is 3.70. The van der Waals surface area contributed by atoms with Crippen molar-refractivity contribution in [2.75, 3.05) is 5.32 Å². The Labute approximate surface area is 170 Å². The predicted octanol–water partition coefficient (Wildman–Crippen LogP) is 4.67. The predicted molar refractivity (Wildman–Crippen MR) is 110 cm³/mol. The van der Waals surface area contributed by atoms with Crippen molar-refractivity contribution >= 4 is 11.6 Å². The van der Waals surface area contributed by atoms with Crippen LogP contribution in [0.3, 0.4) is 0 Å². The minimum atomic E-state index is 0.0711. The molecule has 2 heterocycles. The Bertz CT molecular complexity index is 944. The smallest absolute Gasteiger partial charge is 0.238 e. The number of nitrogens with one attached hydrogen (secondary N) is 1. The molecule has 1 saturated carbocycles. The van der Waals surface area contributed by atoms with Crippen molar-refractivity contribution in [1.29, 1.82) is 0 Å². The van der Waals surface area contributed by atoms with Crippen LogP contribution in [0.2, 0.25) is 0 Å². The molecule has 2 aromatic heterocycles. The Kier molecular flexibility index (Phi) is 5.84. The van der Waals surface area contributed by atoms with Crippen molar-refractivity contribution in [3.8, 4) is 17.4 Å². The molecule has 0 saturated heterocycles. The molecule has 1 N–H and O–H groups in total. The zero-order chi connectivity index (χ0) is 20.1. The third kappa shape index (κ3) is 4.99. The lowest BCUT2D eigenvalue weighted by Crippen LogP contribution is -2.12. The number of aromatic nitrogens is 4. The quantitative estimate of drug-likeness (QED) is 0.633. The van der Waals surface area contributed by atoms with E-state index in [4.69, 9.17) is 4.74 Å². The minimum absolute atomic E-state index is 0.0711. The van der Waals surface area contributed by atoms with Gasteiger partial charge in [-0.3, -0.25) is 9.36 Å². The van der Waals surface area contributed by atoms with Crippen LogP contribution in [0.25, 0.3) is 5.82 Å². The van der Waals surface area contributed by atoms with Crippen LogP contribution in [0.1, 0.15) is 44.3 Å². The van der Waals surface area contributed by atoms with Crippen LogP contribution in [-0.4, -0.2) is 25.7 Å². The first-order valence-corrected chi connectivity index (χ1v) is 10.1. The Hall–Kier alpha value is -3.22. The first-order valence-electron chi connectivity index (χ1n) is 10.1. The molecule has 1 aliphatic rings. The summed E-state index contributed by atoms with van der Waals surface area (Å²) in [5, 5.41) is 11.2. The molecule has 0 unspecified atom stereocenters. The van der Waals surface area contributed by atoms with E-state index in [1.165, 1.54) is 25.7 Å². The molecule has 7 heteroatoms. The van der Waals surface area contributed by atoms with E-state index >= 15 is 0 Å². The van der Waals surface area contributed by atoms with E-state index in [-0.39, 0.29) is 5.91 Å². The molecular weight excluding hydrogens is 366 g/mol. The van der Waals surface area contributed by atoms with Gasteiger partial charge in [-0.2, -0.15) is 0 Å². The third-order valence-corrected chi connectivity index (χ3v) is 5.31. The van der Waals surface area contributed by atoms with Gasteiger partial charge < -0.3 is 10.1 Å². The van der Waals surface area contributed by atoms with E-state index in [1.807, 2.05) is 48.0 Å². The average Bonchev–Trinajstić information content (AvgIpc) is 3.40. The molecule has 0 aliphatic heterocycles. The maximum Gasteiger partial charge on any atom is 0.238 e. The van der Waals surface area contributed by atoms with Gasteiger partial charge in [0.1, 0.15) is 11.6 Å². The maximum atomic E-state index is 12.1. The number of aryl methyl sites for hydroxylation is 1. The number of anilines is 1. The monoisotopic (exact) mass is 391 g/mol. The second-order valence-electron chi connectivity index (χ2n) is 7.44. The second kappa shape index (κ2) is 8.86. The van der Waals surface area contributed by atoms with Crippen LogP contribution in [0.15, 0.2) is 48.8 Å². The number of carbonyl (C=O) groups is 1. The summed E-state index contributed by atoms with van der Waals surface area (Å²) in [6, 6.07) is 10.9. The van der Waals surface area contributed by atoms with Crippen molar-refractivity contribution in [1.82, 2.24) is 19.7 Å². The van der Waals surface area contributed by atoms with E-state index < -0.39 is 0 Å². The van der Waals surface area contributed by atoms with Gasteiger partial charge in [-0.1, -0.05) is 25.7 Å². The molecule has 0 atom stereocenters. The lowest BCUT2D eigenvalue weighted by Gasteiger charge is -2.10. The number of nitrogens with zero attached hydrogens (tertiary/aromatic N) is 4. The van der Waals surface area contributed by atoms with Crippen molar-refractivity contribution in [2.24, 2.45) is 5.92 Å². The molecule has 4 rings (SSSR count). The van der Waals surface area contributed by atoms with Gasteiger partial charge in [0.05, 0.1) is 0 Å². The average molecular weight is 391 g/mol. The lowest BCUT2D eigenvalue weighted by atomic mass is 10.0. The van der Waals surface area contributed by atoms with Crippen LogP contribution in [-0.2, 0) is 4.79 Å². The molecule has 1 amide bonds. The molecule has 7 nitrogen and oxygen atoms in total. The van der Waals surface area contributed by atoms with Gasteiger partial charge in [0.2, 0.25) is 11.8 Å². The zero-order valence-corrected chi connectivity index (χ0v) is 16.5. The Morgan fingerprint density at radius 1 is 1.14 bits per heavy atom. The van der Waals surface area contributed by atoms with E-state index in [0.717, 1.165) is 23.9 Å². The van der Waals surface area contributed by atoms with Crippen LogP contribution in [0.5, 0.6) is 11.6 Å². The van der Waals surface area contributed by atoms with Gasteiger partial charge in [-0.25, -0.2) is 4.98 Å². The fourth-order valence-corrected chi connectivity index (χ4v) is 3.70. The first-order chi connectivity index (χ1) is 14.2. The van der Waals surface area contributed by atoms with E-state index in [1.54, 1.807) is 12.3 Å². The zero-order valence-electron chi connectivity index (χ0n) is 16.5. The molecule has 0 bridgehead atoms. The maximum absolute atomic E-state index is 12.1. The van der Waals surface area contributed by atoms with Gasteiger partial charge >= 0.3 is 0 Å². The number of benzene rings is 1. The highest BCUT2D eigenvalue weighted by Gasteiger charge is 2.16. The number of carbonyl (C=O) groups excluding carboxylic acids is 1. The minimum Gasteiger partial charge on any atom is -0.438 e. The number of hydrogen-bond acceptors (Lipinski definition) is 5. The molecule has 1 aromatic carbocycles. The van der Waals surface area contributed by atoms with Gasteiger partial charge in [-0.05, 0) is 49.6 Å².